The van der Waals surface area contributed by atoms with Crippen molar-refractivity contribution in [2.24, 2.45) is 0 Å². The lowest BCUT2D eigenvalue weighted by molar-refractivity contribution is 0.101. The molecule has 2 aromatic rings. The van der Waals surface area contributed by atoms with Crippen molar-refractivity contribution < 1.29 is 25.2 Å². The van der Waals surface area contributed by atoms with E-state index in [-0.39, 0.29) is 28.2 Å². The van der Waals surface area contributed by atoms with Crippen molar-refractivity contribution in [2.75, 3.05) is 0 Å². The summed E-state index contributed by atoms with van der Waals surface area (Å²) in [6.45, 7) is 9.59. The van der Waals surface area contributed by atoms with Crippen LogP contribution in [0.25, 0.3) is 0 Å². The first-order valence-electron chi connectivity index (χ1n) is 9.97. The van der Waals surface area contributed by atoms with Crippen LogP contribution in [0.5, 0.6) is 17.2 Å². The molecule has 3 rings (SSSR count). The van der Waals surface area contributed by atoms with Gasteiger partial charge in [-0.05, 0) is 64.7 Å². The van der Waals surface area contributed by atoms with Gasteiger partial charge in [-0.2, -0.15) is 0 Å². The number of hydrogen-bond donors (Lipinski definition) is 4. The predicted molar refractivity (Wildman–Crippen MR) is 116 cm³/mol. The van der Waals surface area contributed by atoms with Crippen LogP contribution in [0.4, 0.5) is 0 Å². The minimum Gasteiger partial charge on any atom is -0.508 e. The van der Waals surface area contributed by atoms with Gasteiger partial charge in [-0.3, -0.25) is 4.79 Å². The van der Waals surface area contributed by atoms with E-state index in [4.69, 9.17) is 0 Å². The van der Waals surface area contributed by atoms with Crippen LogP contribution in [0.1, 0.15) is 77.5 Å². The second-order valence-electron chi connectivity index (χ2n) is 8.36. The van der Waals surface area contributed by atoms with Gasteiger partial charge in [0.15, 0.2) is 0 Å². The number of aliphatic hydroxyl groups is 1. The Labute approximate surface area is 176 Å². The second-order valence-corrected chi connectivity index (χ2v) is 8.36. The first kappa shape index (κ1) is 21.7. The molecule has 0 amide bonds. The van der Waals surface area contributed by atoms with Gasteiger partial charge in [0.05, 0.1) is 11.1 Å². The highest BCUT2D eigenvalue weighted by Gasteiger charge is 2.39. The van der Waals surface area contributed by atoms with Crippen molar-refractivity contribution in [3.63, 3.8) is 0 Å². The van der Waals surface area contributed by atoms with Crippen LogP contribution in [-0.4, -0.2) is 26.2 Å². The lowest BCUT2D eigenvalue weighted by atomic mass is 9.75. The maximum Gasteiger partial charge on any atom is 0.201 e. The molecule has 0 heterocycles. The number of rotatable bonds is 4. The molecule has 30 heavy (non-hydrogen) atoms. The van der Waals surface area contributed by atoms with Crippen molar-refractivity contribution in [1.29, 1.82) is 0 Å². The number of phenols is 3. The largest absolute Gasteiger partial charge is 0.508 e. The number of aromatic hydroxyl groups is 3. The fourth-order valence-corrected chi connectivity index (χ4v) is 4.03. The molecule has 0 bridgehead atoms. The summed E-state index contributed by atoms with van der Waals surface area (Å²) in [5.74, 6) is -1.38. The summed E-state index contributed by atoms with van der Waals surface area (Å²) in [6, 6.07) is 2.64. The van der Waals surface area contributed by atoms with Gasteiger partial charge in [0.25, 0.3) is 0 Å². The van der Waals surface area contributed by atoms with E-state index in [0.717, 1.165) is 28.3 Å². The number of aryl methyl sites for hydroxylation is 1. The third-order valence-electron chi connectivity index (χ3n) is 5.54. The Kier molecular flexibility index (Phi) is 5.77. The molecule has 5 heteroatoms. The van der Waals surface area contributed by atoms with Crippen molar-refractivity contribution in [3.8, 4) is 17.2 Å². The van der Waals surface area contributed by atoms with Crippen LogP contribution in [0.15, 0.2) is 35.4 Å². The van der Waals surface area contributed by atoms with Crippen molar-refractivity contribution >= 4 is 5.78 Å². The summed E-state index contributed by atoms with van der Waals surface area (Å²) in [5.41, 5.74) is 4.49. The summed E-state index contributed by atoms with van der Waals surface area (Å²) in [4.78, 5) is 13.4. The van der Waals surface area contributed by atoms with Gasteiger partial charge in [-0.1, -0.05) is 23.3 Å². The molecule has 0 radical (unpaired) electrons. The van der Waals surface area contributed by atoms with Gasteiger partial charge >= 0.3 is 0 Å². The number of fused-ring (bicyclic) bond motifs is 2. The zero-order valence-corrected chi connectivity index (χ0v) is 18.0. The molecule has 0 aliphatic heterocycles. The molecule has 0 spiro atoms. The standard InChI is InChI=1S/C25H28O5/c1-12(2)6-8-15-14(5)10-18(27)22-20(15)24(29)21-16(9-7-13(3)4)17(26)11-19(28)23(21)25(22)30/h6-7,10-11,24,26-29H,8-9H2,1-5H3/t24-/m0/s1. The maximum absolute atomic E-state index is 13.4. The Balaban J connectivity index is 2.35. The highest BCUT2D eigenvalue weighted by molar-refractivity contribution is 6.16. The van der Waals surface area contributed by atoms with Crippen LogP contribution in [-0.2, 0) is 12.8 Å². The molecule has 0 fully saturated rings. The van der Waals surface area contributed by atoms with E-state index in [1.54, 1.807) is 0 Å². The molecule has 158 valence electrons. The molecule has 4 N–H and O–H groups in total. The molecule has 1 aliphatic rings. The van der Waals surface area contributed by atoms with E-state index >= 15 is 0 Å². The maximum atomic E-state index is 13.4. The normalized spacial score (nSPS) is 14.7. The highest BCUT2D eigenvalue weighted by atomic mass is 16.3. The van der Waals surface area contributed by atoms with Gasteiger partial charge in [0.1, 0.15) is 23.4 Å². The lowest BCUT2D eigenvalue weighted by Gasteiger charge is -2.30. The average molecular weight is 408 g/mol. The van der Waals surface area contributed by atoms with Crippen LogP contribution in [0.3, 0.4) is 0 Å². The van der Waals surface area contributed by atoms with Gasteiger partial charge in [0, 0.05) is 22.8 Å². The number of benzene rings is 2. The molecule has 0 unspecified atom stereocenters. The molecular formula is C25H28O5. The minimum atomic E-state index is -1.27. The van der Waals surface area contributed by atoms with Gasteiger partial charge in [0.2, 0.25) is 5.78 Å². The van der Waals surface area contributed by atoms with E-state index in [9.17, 15) is 25.2 Å². The molecule has 0 saturated heterocycles. The summed E-state index contributed by atoms with van der Waals surface area (Å²) >= 11 is 0. The Morgan fingerprint density at radius 3 is 1.83 bits per heavy atom. The molecule has 2 aromatic carbocycles. The summed E-state index contributed by atoms with van der Waals surface area (Å²) in [6.07, 6.45) is 3.41. The average Bonchev–Trinajstić information content (AvgIpc) is 2.63. The van der Waals surface area contributed by atoms with E-state index in [2.05, 4.69) is 0 Å². The Morgan fingerprint density at radius 1 is 0.833 bits per heavy atom. The number of carbonyl (C=O) groups is 1. The van der Waals surface area contributed by atoms with Gasteiger partial charge < -0.3 is 20.4 Å². The van der Waals surface area contributed by atoms with E-state index in [1.807, 2.05) is 46.8 Å². The molecular weight excluding hydrogens is 380 g/mol. The molecule has 0 saturated carbocycles. The molecule has 0 aromatic heterocycles. The van der Waals surface area contributed by atoms with Crippen molar-refractivity contribution in [3.05, 3.63) is 74.4 Å². The molecule has 5 nitrogen and oxygen atoms in total. The van der Waals surface area contributed by atoms with E-state index < -0.39 is 17.6 Å². The highest BCUT2D eigenvalue weighted by Crippen LogP contribution is 2.48. The van der Waals surface area contributed by atoms with Crippen LogP contribution in [0, 0.1) is 6.92 Å². The first-order chi connectivity index (χ1) is 14.0. The molecule has 1 atom stereocenters. The third-order valence-corrected chi connectivity index (χ3v) is 5.54. The fourth-order valence-electron chi connectivity index (χ4n) is 4.03. The quantitative estimate of drug-likeness (QED) is 0.547. The zero-order valence-electron chi connectivity index (χ0n) is 18.0. The summed E-state index contributed by atoms with van der Waals surface area (Å²) < 4.78 is 0. The predicted octanol–water partition coefficient (Wildman–Crippen LogP) is 4.76. The van der Waals surface area contributed by atoms with Gasteiger partial charge in [-0.15, -0.1) is 0 Å². The lowest BCUT2D eigenvalue weighted by Crippen LogP contribution is -2.24. The fraction of sp³-hybridized carbons (Fsp3) is 0.320. The first-order valence-corrected chi connectivity index (χ1v) is 9.97. The monoisotopic (exact) mass is 408 g/mol. The number of hydrogen-bond acceptors (Lipinski definition) is 5. The smallest absolute Gasteiger partial charge is 0.201 e. The number of phenolic OH excluding ortho intramolecular Hbond substituents is 3. The summed E-state index contributed by atoms with van der Waals surface area (Å²) in [7, 11) is 0. The Morgan fingerprint density at radius 2 is 1.30 bits per heavy atom. The van der Waals surface area contributed by atoms with Crippen molar-refractivity contribution in [1.82, 2.24) is 0 Å². The van der Waals surface area contributed by atoms with E-state index in [0.29, 0.717) is 24.0 Å². The van der Waals surface area contributed by atoms with Crippen LogP contribution >= 0.6 is 0 Å². The minimum absolute atomic E-state index is 0.00640. The number of carbonyl (C=O) groups excluding carboxylic acids is 1. The number of allylic oxidation sites excluding steroid dienone is 4. The van der Waals surface area contributed by atoms with Gasteiger partial charge in [-0.25, -0.2) is 0 Å². The number of ketones is 1. The van der Waals surface area contributed by atoms with Crippen LogP contribution in [0.2, 0.25) is 0 Å². The van der Waals surface area contributed by atoms with Crippen molar-refractivity contribution in [2.45, 2.75) is 53.6 Å². The Hall–Kier alpha value is -3.05. The Bertz CT molecular complexity index is 1010. The molecule has 1 aliphatic carbocycles. The number of aliphatic hydroxyl groups excluding tert-OH is 1. The SMILES string of the molecule is CC(C)=CCc1c(C)cc(O)c2c1[C@H](O)c1c(CC=C(C)C)c(O)cc(O)c1C2=O. The summed E-state index contributed by atoms with van der Waals surface area (Å²) in [5, 5.41) is 42.9. The third kappa shape index (κ3) is 3.61. The zero-order chi connectivity index (χ0) is 22.3. The van der Waals surface area contributed by atoms with Crippen LogP contribution < -0.4 is 0 Å². The second kappa shape index (κ2) is 8.00. The van der Waals surface area contributed by atoms with E-state index in [1.165, 1.54) is 6.07 Å². The topological polar surface area (TPSA) is 98.0 Å².